The van der Waals surface area contributed by atoms with Crippen LogP contribution in [-0.4, -0.2) is 24.3 Å². The molecule has 0 saturated carbocycles. The van der Waals surface area contributed by atoms with Gasteiger partial charge in [-0.2, -0.15) is 5.26 Å². The van der Waals surface area contributed by atoms with Crippen LogP contribution in [-0.2, 0) is 4.79 Å². The molecule has 0 fully saturated rings. The summed E-state index contributed by atoms with van der Waals surface area (Å²) in [5, 5.41) is 17.8. The molecule has 1 aromatic carbocycles. The predicted molar refractivity (Wildman–Crippen MR) is 64.6 cm³/mol. The Balaban J connectivity index is 3.03. The van der Waals surface area contributed by atoms with E-state index in [2.05, 4.69) is 0 Å². The first-order valence-electron chi connectivity index (χ1n) is 5.47. The maximum absolute atomic E-state index is 11.0. The number of benzene rings is 1. The van der Waals surface area contributed by atoms with Gasteiger partial charge in [-0.3, -0.25) is 0 Å². The van der Waals surface area contributed by atoms with E-state index in [1.165, 1.54) is 19.2 Å². The van der Waals surface area contributed by atoms with E-state index in [9.17, 15) is 4.79 Å². The minimum Gasteiger partial charge on any atom is -0.493 e. The Kier molecular flexibility index (Phi) is 4.55. The summed E-state index contributed by atoms with van der Waals surface area (Å²) < 4.78 is 10.5. The van der Waals surface area contributed by atoms with Gasteiger partial charge in [-0.15, -0.1) is 0 Å². The van der Waals surface area contributed by atoms with Crippen LogP contribution in [0.3, 0.4) is 0 Å². The lowest BCUT2D eigenvalue weighted by atomic mass is 10.1. The zero-order chi connectivity index (χ0) is 13.7. The van der Waals surface area contributed by atoms with Crippen LogP contribution in [0, 0.1) is 17.2 Å². The van der Waals surface area contributed by atoms with E-state index in [0.717, 1.165) is 0 Å². The fraction of sp³-hybridized carbons (Fsp3) is 0.385. The second-order valence-electron chi connectivity index (χ2n) is 4.10. The summed E-state index contributed by atoms with van der Waals surface area (Å²) in [6.45, 7) is 3.52. The van der Waals surface area contributed by atoms with Crippen molar-refractivity contribution in [1.82, 2.24) is 0 Å². The maximum Gasteiger partial charge on any atom is 0.345 e. The summed E-state index contributed by atoms with van der Waals surface area (Å²) in [5.41, 5.74) is 0.427. The highest BCUT2D eigenvalue weighted by atomic mass is 16.5. The van der Waals surface area contributed by atoms with E-state index < -0.39 is 12.1 Å². The van der Waals surface area contributed by atoms with Crippen LogP contribution in [0.5, 0.6) is 11.5 Å². The number of carboxylic acids is 1. The lowest BCUT2D eigenvalue weighted by Gasteiger charge is -2.19. The molecule has 1 atom stereocenters. The van der Waals surface area contributed by atoms with Crippen molar-refractivity contribution in [3.05, 3.63) is 23.8 Å². The first-order chi connectivity index (χ1) is 8.49. The molecule has 1 unspecified atom stereocenters. The van der Waals surface area contributed by atoms with Crippen molar-refractivity contribution in [2.75, 3.05) is 7.11 Å². The van der Waals surface area contributed by atoms with Gasteiger partial charge >= 0.3 is 5.97 Å². The van der Waals surface area contributed by atoms with Gasteiger partial charge in [-0.25, -0.2) is 4.79 Å². The van der Waals surface area contributed by atoms with E-state index in [1.54, 1.807) is 19.9 Å². The predicted octanol–water partition coefficient (Wildman–Crippen LogP) is 2.05. The third-order valence-electron chi connectivity index (χ3n) is 2.40. The van der Waals surface area contributed by atoms with Gasteiger partial charge in [0.05, 0.1) is 18.7 Å². The first-order valence-corrected chi connectivity index (χ1v) is 5.47. The van der Waals surface area contributed by atoms with Gasteiger partial charge in [-0.1, -0.05) is 13.8 Å². The molecule has 1 rings (SSSR count). The number of ether oxygens (including phenoxy) is 2. The van der Waals surface area contributed by atoms with E-state index >= 15 is 0 Å². The van der Waals surface area contributed by atoms with Crippen molar-refractivity contribution in [1.29, 1.82) is 5.26 Å². The van der Waals surface area contributed by atoms with Gasteiger partial charge in [-0.05, 0) is 12.1 Å². The normalized spacial score (nSPS) is 11.7. The zero-order valence-electron chi connectivity index (χ0n) is 10.5. The van der Waals surface area contributed by atoms with Crippen LogP contribution in [0.1, 0.15) is 19.4 Å². The number of methoxy groups -OCH3 is 1. The second kappa shape index (κ2) is 5.92. The highest BCUT2D eigenvalue weighted by Gasteiger charge is 2.24. The van der Waals surface area contributed by atoms with E-state index in [4.69, 9.17) is 19.8 Å². The topological polar surface area (TPSA) is 79.5 Å². The number of aliphatic carboxylic acids is 1. The minimum atomic E-state index is -1.03. The second-order valence-corrected chi connectivity index (χ2v) is 4.10. The molecule has 0 spiro atoms. The summed E-state index contributed by atoms with van der Waals surface area (Å²) in [6.07, 6.45) is -0.952. The average Bonchev–Trinajstić information content (AvgIpc) is 2.34. The monoisotopic (exact) mass is 249 g/mol. The molecular formula is C13H15NO4. The van der Waals surface area contributed by atoms with E-state index in [0.29, 0.717) is 17.1 Å². The van der Waals surface area contributed by atoms with Crippen LogP contribution in [0.15, 0.2) is 18.2 Å². The fourth-order valence-corrected chi connectivity index (χ4v) is 1.44. The van der Waals surface area contributed by atoms with Crippen LogP contribution in [0.25, 0.3) is 0 Å². The zero-order valence-corrected chi connectivity index (χ0v) is 10.5. The Bertz CT molecular complexity index is 476. The molecule has 1 aromatic rings. The van der Waals surface area contributed by atoms with Gasteiger partial charge in [0.15, 0.2) is 17.6 Å². The van der Waals surface area contributed by atoms with E-state index in [1.807, 2.05) is 6.07 Å². The summed E-state index contributed by atoms with van der Waals surface area (Å²) in [4.78, 5) is 11.0. The maximum atomic E-state index is 11.0. The minimum absolute atomic E-state index is 0.178. The number of nitriles is 1. The summed E-state index contributed by atoms with van der Waals surface area (Å²) >= 11 is 0. The Morgan fingerprint density at radius 1 is 1.39 bits per heavy atom. The van der Waals surface area contributed by atoms with Crippen molar-refractivity contribution >= 4 is 5.97 Å². The van der Waals surface area contributed by atoms with Crippen molar-refractivity contribution in [2.24, 2.45) is 5.92 Å². The summed E-state index contributed by atoms with van der Waals surface area (Å²) in [6, 6.07) is 6.57. The molecule has 0 aliphatic carbocycles. The van der Waals surface area contributed by atoms with Crippen molar-refractivity contribution in [3.8, 4) is 17.6 Å². The third-order valence-corrected chi connectivity index (χ3v) is 2.40. The molecule has 0 bridgehead atoms. The number of hydrogen-bond acceptors (Lipinski definition) is 4. The smallest absolute Gasteiger partial charge is 0.345 e. The highest BCUT2D eigenvalue weighted by molar-refractivity contribution is 5.73. The van der Waals surface area contributed by atoms with Gasteiger partial charge in [0.1, 0.15) is 0 Å². The molecule has 96 valence electrons. The molecule has 5 heteroatoms. The number of hydrogen-bond donors (Lipinski definition) is 1. The van der Waals surface area contributed by atoms with Crippen LogP contribution < -0.4 is 9.47 Å². The molecule has 0 radical (unpaired) electrons. The molecule has 18 heavy (non-hydrogen) atoms. The van der Waals surface area contributed by atoms with Crippen molar-refractivity contribution < 1.29 is 19.4 Å². The largest absolute Gasteiger partial charge is 0.493 e. The van der Waals surface area contributed by atoms with Gasteiger partial charge in [0.25, 0.3) is 0 Å². The Morgan fingerprint density at radius 3 is 2.50 bits per heavy atom. The van der Waals surface area contributed by atoms with E-state index in [-0.39, 0.29) is 5.92 Å². The standard InChI is InChI=1S/C13H15NO4/c1-8(2)12(13(15)16)18-10-5-4-9(7-14)6-11(10)17-3/h4-6,8,12H,1-3H3,(H,15,16). The number of nitrogens with zero attached hydrogens (tertiary/aromatic N) is 1. The third kappa shape index (κ3) is 3.14. The number of carbonyl (C=O) groups is 1. The van der Waals surface area contributed by atoms with Crippen LogP contribution >= 0.6 is 0 Å². The Labute approximate surface area is 106 Å². The molecule has 1 N–H and O–H groups in total. The molecule has 0 amide bonds. The molecular weight excluding hydrogens is 234 g/mol. The molecule has 0 saturated heterocycles. The summed E-state index contributed by atoms with van der Waals surface area (Å²) in [5.74, 6) is -0.544. The lowest BCUT2D eigenvalue weighted by Crippen LogP contribution is -2.32. The van der Waals surface area contributed by atoms with Crippen molar-refractivity contribution in [2.45, 2.75) is 20.0 Å². The van der Waals surface area contributed by atoms with Gasteiger partial charge < -0.3 is 14.6 Å². The highest BCUT2D eigenvalue weighted by Crippen LogP contribution is 2.29. The van der Waals surface area contributed by atoms with Gasteiger partial charge in [0, 0.05) is 12.0 Å². The molecule has 0 heterocycles. The average molecular weight is 249 g/mol. The summed E-state index contributed by atoms with van der Waals surface area (Å²) in [7, 11) is 1.44. The molecule has 5 nitrogen and oxygen atoms in total. The molecule has 0 aliphatic rings. The van der Waals surface area contributed by atoms with Crippen LogP contribution in [0.4, 0.5) is 0 Å². The van der Waals surface area contributed by atoms with Crippen molar-refractivity contribution in [3.63, 3.8) is 0 Å². The SMILES string of the molecule is COc1cc(C#N)ccc1OC(C(=O)O)C(C)C. The first kappa shape index (κ1) is 13.8. The lowest BCUT2D eigenvalue weighted by molar-refractivity contribution is -0.147. The molecule has 0 aliphatic heterocycles. The Hall–Kier alpha value is -2.22. The fourth-order valence-electron chi connectivity index (χ4n) is 1.44. The quantitative estimate of drug-likeness (QED) is 0.863. The molecule has 0 aromatic heterocycles. The number of carboxylic acid groups (broad SMARTS) is 1. The van der Waals surface area contributed by atoms with Crippen LogP contribution in [0.2, 0.25) is 0 Å². The van der Waals surface area contributed by atoms with Gasteiger partial charge in [0.2, 0.25) is 0 Å². The Morgan fingerprint density at radius 2 is 2.06 bits per heavy atom. The number of rotatable bonds is 5.